The molecule has 0 aliphatic carbocycles. The van der Waals surface area contributed by atoms with Gasteiger partial charge in [0, 0.05) is 13.0 Å². The monoisotopic (exact) mass is 435 g/mol. The van der Waals surface area contributed by atoms with Crippen molar-refractivity contribution < 1.29 is 18.7 Å². The summed E-state index contributed by atoms with van der Waals surface area (Å²) in [6, 6.07) is 19.7. The molecule has 1 heterocycles. The molecule has 2 N–H and O–H groups in total. The molecule has 2 amide bonds. The van der Waals surface area contributed by atoms with E-state index in [1.54, 1.807) is 19.2 Å². The van der Waals surface area contributed by atoms with Gasteiger partial charge < -0.3 is 24.7 Å². The second kappa shape index (κ2) is 11.2. The van der Waals surface area contributed by atoms with Gasteiger partial charge in [-0.2, -0.15) is 0 Å². The van der Waals surface area contributed by atoms with E-state index < -0.39 is 11.9 Å². The number of ether oxygens (including phenoxy) is 1. The highest BCUT2D eigenvalue weighted by atomic mass is 16.5. The van der Waals surface area contributed by atoms with Crippen molar-refractivity contribution in [3.05, 3.63) is 89.9 Å². The van der Waals surface area contributed by atoms with Crippen molar-refractivity contribution in [1.82, 2.24) is 15.5 Å². The number of likely N-dealkylation sites (N-methyl/N-ethyl adjacent to an activating group) is 1. The Labute approximate surface area is 188 Å². The maximum atomic E-state index is 13.1. The quantitative estimate of drug-likeness (QED) is 0.511. The van der Waals surface area contributed by atoms with Gasteiger partial charge in [-0.1, -0.05) is 42.5 Å². The van der Waals surface area contributed by atoms with Gasteiger partial charge >= 0.3 is 0 Å². The molecule has 0 radical (unpaired) electrons. The highest BCUT2D eigenvalue weighted by Gasteiger charge is 2.24. The maximum Gasteiger partial charge on any atom is 0.287 e. The molecule has 168 valence electrons. The molecule has 0 saturated heterocycles. The summed E-state index contributed by atoms with van der Waals surface area (Å²) >= 11 is 0. The van der Waals surface area contributed by atoms with E-state index in [0.717, 1.165) is 16.9 Å². The Hall–Kier alpha value is -3.58. The number of amides is 2. The first-order valence-corrected chi connectivity index (χ1v) is 10.4. The lowest BCUT2D eigenvalue weighted by atomic mass is 10.0. The highest BCUT2D eigenvalue weighted by molar-refractivity contribution is 5.95. The fraction of sp³-hybridized carbons (Fsp3) is 0.280. The van der Waals surface area contributed by atoms with Crippen molar-refractivity contribution in [3.8, 4) is 5.75 Å². The number of hydrogen-bond acceptors (Lipinski definition) is 5. The number of hydrogen-bond donors (Lipinski definition) is 2. The Balaban J connectivity index is 1.73. The molecule has 0 aliphatic rings. The van der Waals surface area contributed by atoms with Crippen molar-refractivity contribution in [2.45, 2.75) is 18.5 Å². The average Bonchev–Trinajstić information content (AvgIpc) is 3.34. The zero-order chi connectivity index (χ0) is 22.9. The molecule has 2 aromatic carbocycles. The second-order valence-corrected chi connectivity index (χ2v) is 7.69. The first kappa shape index (κ1) is 23.1. The minimum atomic E-state index is -0.747. The Morgan fingerprint density at radius 2 is 1.81 bits per heavy atom. The molecule has 7 heteroatoms. The van der Waals surface area contributed by atoms with Crippen molar-refractivity contribution >= 4 is 11.8 Å². The largest absolute Gasteiger partial charge is 0.497 e. The van der Waals surface area contributed by atoms with E-state index >= 15 is 0 Å². The normalized spacial score (nSPS) is 12.8. The van der Waals surface area contributed by atoms with Crippen molar-refractivity contribution in [2.75, 3.05) is 27.7 Å². The Kier molecular flexibility index (Phi) is 8.05. The fourth-order valence-corrected chi connectivity index (χ4v) is 3.46. The van der Waals surface area contributed by atoms with Gasteiger partial charge in [0.05, 0.1) is 19.4 Å². The topological polar surface area (TPSA) is 83.8 Å². The number of rotatable bonds is 10. The third-order valence-electron chi connectivity index (χ3n) is 5.22. The van der Waals surface area contributed by atoms with Crippen LogP contribution in [0, 0.1) is 0 Å². The third-order valence-corrected chi connectivity index (χ3v) is 5.22. The number of carbonyl (C=O) groups excluding carboxylic acids is 2. The minimum Gasteiger partial charge on any atom is -0.497 e. The lowest BCUT2D eigenvalue weighted by Gasteiger charge is -2.27. The van der Waals surface area contributed by atoms with E-state index in [0.29, 0.717) is 13.0 Å². The summed E-state index contributed by atoms with van der Waals surface area (Å²) in [5.41, 5.74) is 1.97. The highest BCUT2D eigenvalue weighted by Crippen LogP contribution is 2.22. The standard InChI is InChI=1S/C25H29N3O4/c1-28(2)22(19-11-7-12-20(16-19)31-3)17-26-24(29)21(15-18-9-5-4-6-10-18)27-25(30)23-13-8-14-32-23/h4-14,16,21-22H,15,17H2,1-3H3,(H,26,29)(H,27,30). The number of benzene rings is 2. The smallest absolute Gasteiger partial charge is 0.287 e. The van der Waals surface area contributed by atoms with Crippen LogP contribution in [0.25, 0.3) is 0 Å². The van der Waals surface area contributed by atoms with Crippen LogP contribution in [0.1, 0.15) is 27.7 Å². The van der Waals surface area contributed by atoms with E-state index in [-0.39, 0.29) is 17.7 Å². The molecule has 32 heavy (non-hydrogen) atoms. The molecule has 0 saturated carbocycles. The van der Waals surface area contributed by atoms with Crippen LogP contribution in [-0.4, -0.2) is 50.5 Å². The lowest BCUT2D eigenvalue weighted by Crippen LogP contribution is -2.49. The van der Waals surface area contributed by atoms with Crippen LogP contribution in [0.15, 0.2) is 77.4 Å². The summed E-state index contributed by atoms with van der Waals surface area (Å²) in [6.45, 7) is 0.376. The van der Waals surface area contributed by atoms with E-state index in [2.05, 4.69) is 10.6 Å². The van der Waals surface area contributed by atoms with Gasteiger partial charge in [-0.05, 0) is 49.5 Å². The summed E-state index contributed by atoms with van der Waals surface area (Å²) in [5, 5.41) is 5.80. The van der Waals surface area contributed by atoms with Crippen LogP contribution in [0.3, 0.4) is 0 Å². The number of carbonyl (C=O) groups is 2. The van der Waals surface area contributed by atoms with E-state index in [1.165, 1.54) is 6.26 Å². The first-order chi connectivity index (χ1) is 15.5. The number of nitrogens with one attached hydrogen (secondary N) is 2. The third kappa shape index (κ3) is 6.21. The molecule has 0 spiro atoms. The number of nitrogens with zero attached hydrogens (tertiary/aromatic N) is 1. The van der Waals surface area contributed by atoms with Crippen LogP contribution in [-0.2, 0) is 11.2 Å². The van der Waals surface area contributed by atoms with E-state index in [4.69, 9.17) is 9.15 Å². The van der Waals surface area contributed by atoms with E-state index in [9.17, 15) is 9.59 Å². The van der Waals surface area contributed by atoms with Gasteiger partial charge in [-0.25, -0.2) is 0 Å². The predicted octanol–water partition coefficient (Wildman–Crippen LogP) is 3.05. The van der Waals surface area contributed by atoms with Gasteiger partial charge in [-0.15, -0.1) is 0 Å². The summed E-state index contributed by atoms with van der Waals surface area (Å²) in [5.74, 6) is 0.235. The molecule has 3 rings (SSSR count). The Morgan fingerprint density at radius 1 is 1.03 bits per heavy atom. The zero-order valence-electron chi connectivity index (χ0n) is 18.6. The second-order valence-electron chi connectivity index (χ2n) is 7.69. The van der Waals surface area contributed by atoms with Crippen molar-refractivity contribution in [1.29, 1.82) is 0 Å². The fourth-order valence-electron chi connectivity index (χ4n) is 3.46. The van der Waals surface area contributed by atoms with Gasteiger partial charge in [-0.3, -0.25) is 9.59 Å². The molecule has 0 aliphatic heterocycles. The summed E-state index contributed by atoms with van der Waals surface area (Å²) in [4.78, 5) is 27.7. The molecule has 7 nitrogen and oxygen atoms in total. The molecular formula is C25H29N3O4. The summed E-state index contributed by atoms with van der Waals surface area (Å²) in [7, 11) is 5.54. The van der Waals surface area contributed by atoms with Crippen molar-refractivity contribution in [2.24, 2.45) is 0 Å². The average molecular weight is 436 g/mol. The molecule has 0 bridgehead atoms. The van der Waals surface area contributed by atoms with Gasteiger partial charge in [0.1, 0.15) is 11.8 Å². The van der Waals surface area contributed by atoms with E-state index in [1.807, 2.05) is 73.6 Å². The predicted molar refractivity (Wildman–Crippen MR) is 123 cm³/mol. The SMILES string of the molecule is COc1cccc(C(CNC(=O)C(Cc2ccccc2)NC(=O)c2ccco2)N(C)C)c1. The molecular weight excluding hydrogens is 406 g/mol. The maximum absolute atomic E-state index is 13.1. The summed E-state index contributed by atoms with van der Waals surface area (Å²) in [6.07, 6.45) is 1.79. The van der Waals surface area contributed by atoms with Crippen LogP contribution >= 0.6 is 0 Å². The van der Waals surface area contributed by atoms with Gasteiger partial charge in [0.15, 0.2) is 5.76 Å². The van der Waals surface area contributed by atoms with Crippen LogP contribution < -0.4 is 15.4 Å². The molecule has 2 unspecified atom stereocenters. The first-order valence-electron chi connectivity index (χ1n) is 10.4. The van der Waals surface area contributed by atoms with Crippen LogP contribution in [0.5, 0.6) is 5.75 Å². The van der Waals surface area contributed by atoms with Gasteiger partial charge in [0.2, 0.25) is 5.91 Å². The van der Waals surface area contributed by atoms with Crippen LogP contribution in [0.4, 0.5) is 0 Å². The Bertz CT molecular complexity index is 1000. The molecule has 1 aromatic heterocycles. The lowest BCUT2D eigenvalue weighted by molar-refractivity contribution is -0.123. The molecule has 3 aromatic rings. The van der Waals surface area contributed by atoms with Crippen LogP contribution in [0.2, 0.25) is 0 Å². The zero-order valence-corrected chi connectivity index (χ0v) is 18.6. The Morgan fingerprint density at radius 3 is 2.47 bits per heavy atom. The minimum absolute atomic E-state index is 0.0628. The number of methoxy groups -OCH3 is 1. The summed E-state index contributed by atoms with van der Waals surface area (Å²) < 4.78 is 10.5. The number of furan rings is 1. The molecule has 0 fully saturated rings. The van der Waals surface area contributed by atoms with Crippen molar-refractivity contribution in [3.63, 3.8) is 0 Å². The molecule has 2 atom stereocenters. The van der Waals surface area contributed by atoms with Gasteiger partial charge in [0.25, 0.3) is 5.91 Å².